The topological polar surface area (TPSA) is 35.2 Å². The molecule has 0 spiro atoms. The molecule has 1 aliphatic heterocycles. The van der Waals surface area contributed by atoms with Crippen LogP contribution in [-0.2, 0) is 4.74 Å². The molecule has 1 fully saturated rings. The maximum Gasteiger partial charge on any atom is 0.0865 e. The van der Waals surface area contributed by atoms with E-state index in [-0.39, 0.29) is 6.10 Å². The Morgan fingerprint density at radius 2 is 2.07 bits per heavy atom. The van der Waals surface area contributed by atoms with E-state index in [0.29, 0.717) is 5.92 Å². The molecule has 0 amide bonds. The Morgan fingerprint density at radius 1 is 1.33 bits per heavy atom. The highest BCUT2D eigenvalue weighted by Gasteiger charge is 2.25. The summed E-state index contributed by atoms with van der Waals surface area (Å²) in [6.45, 7) is 3.69. The van der Waals surface area contributed by atoms with E-state index in [4.69, 9.17) is 10.5 Å². The van der Waals surface area contributed by atoms with Crippen LogP contribution in [0.4, 0.5) is 0 Å². The van der Waals surface area contributed by atoms with Crippen molar-refractivity contribution >= 4 is 0 Å². The minimum absolute atomic E-state index is 0.212. The van der Waals surface area contributed by atoms with E-state index in [9.17, 15) is 0 Å². The van der Waals surface area contributed by atoms with Gasteiger partial charge in [0.25, 0.3) is 0 Å². The third kappa shape index (κ3) is 2.39. The zero-order valence-corrected chi connectivity index (χ0v) is 9.28. The minimum Gasteiger partial charge on any atom is -0.373 e. The van der Waals surface area contributed by atoms with Crippen molar-refractivity contribution in [3.8, 4) is 0 Å². The van der Waals surface area contributed by atoms with Crippen LogP contribution < -0.4 is 5.73 Å². The van der Waals surface area contributed by atoms with Crippen molar-refractivity contribution in [2.45, 2.75) is 25.9 Å². The number of hydrogen-bond acceptors (Lipinski definition) is 2. The van der Waals surface area contributed by atoms with Crippen molar-refractivity contribution in [1.29, 1.82) is 0 Å². The number of rotatable bonds is 2. The van der Waals surface area contributed by atoms with Crippen molar-refractivity contribution in [2.75, 3.05) is 13.2 Å². The Hall–Kier alpha value is -0.860. The number of nitrogens with two attached hydrogens (primary N) is 1. The van der Waals surface area contributed by atoms with Gasteiger partial charge in [-0.05, 0) is 31.9 Å². The van der Waals surface area contributed by atoms with Crippen molar-refractivity contribution in [3.05, 3.63) is 35.4 Å². The van der Waals surface area contributed by atoms with Crippen molar-refractivity contribution in [1.82, 2.24) is 0 Å². The van der Waals surface area contributed by atoms with Gasteiger partial charge in [0, 0.05) is 12.5 Å². The van der Waals surface area contributed by atoms with Crippen LogP contribution in [0.15, 0.2) is 24.3 Å². The fourth-order valence-corrected chi connectivity index (χ4v) is 2.21. The summed E-state index contributed by atoms with van der Waals surface area (Å²) in [5, 5.41) is 0. The summed E-state index contributed by atoms with van der Waals surface area (Å²) in [5.41, 5.74) is 8.35. The fourth-order valence-electron chi connectivity index (χ4n) is 2.21. The van der Waals surface area contributed by atoms with Crippen LogP contribution >= 0.6 is 0 Å². The van der Waals surface area contributed by atoms with Gasteiger partial charge in [-0.25, -0.2) is 0 Å². The van der Waals surface area contributed by atoms with Gasteiger partial charge in [-0.15, -0.1) is 0 Å². The molecule has 2 heteroatoms. The Labute approximate surface area is 91.4 Å². The number of ether oxygens (including phenoxy) is 1. The van der Waals surface area contributed by atoms with E-state index in [1.165, 1.54) is 17.5 Å². The van der Waals surface area contributed by atoms with Crippen LogP contribution in [0, 0.1) is 12.8 Å². The molecule has 0 aromatic heterocycles. The van der Waals surface area contributed by atoms with Crippen LogP contribution in [-0.4, -0.2) is 13.2 Å². The minimum atomic E-state index is 0.212. The van der Waals surface area contributed by atoms with Gasteiger partial charge in [0.05, 0.1) is 6.10 Å². The van der Waals surface area contributed by atoms with Gasteiger partial charge in [0.2, 0.25) is 0 Å². The second kappa shape index (κ2) is 4.77. The second-order valence-electron chi connectivity index (χ2n) is 4.34. The highest BCUT2D eigenvalue weighted by molar-refractivity contribution is 5.24. The van der Waals surface area contributed by atoms with Gasteiger partial charge in [-0.2, -0.15) is 0 Å². The van der Waals surface area contributed by atoms with E-state index in [2.05, 4.69) is 31.2 Å². The zero-order valence-electron chi connectivity index (χ0n) is 9.28. The maximum absolute atomic E-state index is 5.83. The van der Waals surface area contributed by atoms with Gasteiger partial charge in [-0.3, -0.25) is 0 Å². The molecular weight excluding hydrogens is 186 g/mol. The molecule has 82 valence electrons. The molecule has 1 aromatic rings. The first-order valence-corrected chi connectivity index (χ1v) is 5.69. The van der Waals surface area contributed by atoms with E-state index in [1.807, 2.05) is 0 Å². The summed E-state index contributed by atoms with van der Waals surface area (Å²) in [6.07, 6.45) is 2.54. The first kappa shape index (κ1) is 10.7. The average Bonchev–Trinajstić information content (AvgIpc) is 2.30. The molecular formula is C13H19NO. The molecule has 1 heterocycles. The van der Waals surface area contributed by atoms with E-state index in [0.717, 1.165) is 19.6 Å². The van der Waals surface area contributed by atoms with Crippen LogP contribution in [0.3, 0.4) is 0 Å². The van der Waals surface area contributed by atoms with E-state index in [1.54, 1.807) is 0 Å². The molecule has 2 atom stereocenters. The third-order valence-corrected chi connectivity index (χ3v) is 3.15. The smallest absolute Gasteiger partial charge is 0.0865 e. The second-order valence-corrected chi connectivity index (χ2v) is 4.34. The lowest BCUT2D eigenvalue weighted by atomic mass is 9.89. The molecule has 15 heavy (non-hydrogen) atoms. The summed E-state index contributed by atoms with van der Waals surface area (Å²) in [6, 6.07) is 8.60. The standard InChI is InChI=1S/C13H19NO/c1-10-4-6-11(7-5-10)13-12(9-14)3-2-8-15-13/h4-7,12-13H,2-3,8-9,14H2,1H3/t12-,13+/m1/s1. The number of aryl methyl sites for hydroxylation is 1. The lowest BCUT2D eigenvalue weighted by Gasteiger charge is -2.31. The molecule has 0 bridgehead atoms. The Bertz CT molecular complexity index is 307. The Balaban J connectivity index is 2.16. The molecule has 0 aliphatic carbocycles. The van der Waals surface area contributed by atoms with Gasteiger partial charge in [-0.1, -0.05) is 29.8 Å². The maximum atomic E-state index is 5.83. The summed E-state index contributed by atoms with van der Waals surface area (Å²) in [7, 11) is 0. The van der Waals surface area contributed by atoms with Gasteiger partial charge in [0.15, 0.2) is 0 Å². The summed E-state index contributed by atoms with van der Waals surface area (Å²) in [4.78, 5) is 0. The van der Waals surface area contributed by atoms with Crippen LogP contribution in [0.1, 0.15) is 30.1 Å². The van der Waals surface area contributed by atoms with Gasteiger partial charge in [0.1, 0.15) is 0 Å². The normalized spacial score (nSPS) is 26.5. The highest BCUT2D eigenvalue weighted by Crippen LogP contribution is 2.32. The molecule has 1 aliphatic rings. The summed E-state index contributed by atoms with van der Waals surface area (Å²) < 4.78 is 5.83. The fraction of sp³-hybridized carbons (Fsp3) is 0.538. The Morgan fingerprint density at radius 3 is 2.73 bits per heavy atom. The molecule has 2 rings (SSSR count). The van der Waals surface area contributed by atoms with Crippen LogP contribution in [0.5, 0.6) is 0 Å². The van der Waals surface area contributed by atoms with Crippen LogP contribution in [0.2, 0.25) is 0 Å². The molecule has 0 saturated carbocycles. The van der Waals surface area contributed by atoms with Gasteiger partial charge < -0.3 is 10.5 Å². The summed E-state index contributed by atoms with van der Waals surface area (Å²) in [5.74, 6) is 0.487. The molecule has 2 N–H and O–H groups in total. The molecule has 0 radical (unpaired) electrons. The lowest BCUT2D eigenvalue weighted by molar-refractivity contribution is -0.0251. The molecule has 1 saturated heterocycles. The SMILES string of the molecule is Cc1ccc([C@@H]2OCCC[C@@H]2CN)cc1. The lowest BCUT2D eigenvalue weighted by Crippen LogP contribution is -2.28. The quantitative estimate of drug-likeness (QED) is 0.804. The largest absolute Gasteiger partial charge is 0.373 e. The van der Waals surface area contributed by atoms with Crippen molar-refractivity contribution in [2.24, 2.45) is 11.7 Å². The van der Waals surface area contributed by atoms with Crippen molar-refractivity contribution < 1.29 is 4.74 Å². The molecule has 1 aromatic carbocycles. The third-order valence-electron chi connectivity index (χ3n) is 3.15. The first-order chi connectivity index (χ1) is 7.31. The predicted molar refractivity (Wildman–Crippen MR) is 61.7 cm³/mol. The van der Waals surface area contributed by atoms with Gasteiger partial charge >= 0.3 is 0 Å². The Kier molecular flexibility index (Phi) is 3.39. The van der Waals surface area contributed by atoms with E-state index < -0.39 is 0 Å². The first-order valence-electron chi connectivity index (χ1n) is 5.69. The van der Waals surface area contributed by atoms with Crippen LogP contribution in [0.25, 0.3) is 0 Å². The molecule has 2 nitrogen and oxygen atoms in total. The van der Waals surface area contributed by atoms with E-state index >= 15 is 0 Å². The van der Waals surface area contributed by atoms with Crippen molar-refractivity contribution in [3.63, 3.8) is 0 Å². The predicted octanol–water partition coefficient (Wildman–Crippen LogP) is 2.42. The monoisotopic (exact) mass is 205 g/mol. The summed E-state index contributed by atoms with van der Waals surface area (Å²) >= 11 is 0. The average molecular weight is 205 g/mol. The zero-order chi connectivity index (χ0) is 10.7. The highest BCUT2D eigenvalue weighted by atomic mass is 16.5. The number of hydrogen-bond donors (Lipinski definition) is 1. The number of benzene rings is 1. The molecule has 0 unspecified atom stereocenters.